The van der Waals surface area contributed by atoms with E-state index in [1.807, 2.05) is 31.2 Å². The summed E-state index contributed by atoms with van der Waals surface area (Å²) in [5, 5.41) is 3.39. The third-order valence-corrected chi connectivity index (χ3v) is 6.13. The van der Waals surface area contributed by atoms with Gasteiger partial charge in [-0.05, 0) is 49.3 Å². The number of rotatable bonds is 9. The van der Waals surface area contributed by atoms with Gasteiger partial charge in [0.2, 0.25) is 0 Å². The fourth-order valence-electron chi connectivity index (χ4n) is 4.61. The number of ether oxygens (including phenoxy) is 2. The van der Waals surface area contributed by atoms with E-state index in [2.05, 4.69) is 33.0 Å². The van der Waals surface area contributed by atoms with E-state index in [-0.39, 0.29) is 17.2 Å². The Labute approximate surface area is 192 Å². The van der Waals surface area contributed by atoms with Gasteiger partial charge in [0, 0.05) is 29.3 Å². The Bertz CT molecular complexity index is 908. The van der Waals surface area contributed by atoms with Crippen molar-refractivity contribution in [2.45, 2.75) is 79.1 Å². The number of hydrogen-bond acceptors (Lipinski definition) is 5. The Kier molecular flexibility index (Phi) is 7.81. The largest absolute Gasteiger partial charge is 0.494 e. The van der Waals surface area contributed by atoms with Gasteiger partial charge >= 0.3 is 5.97 Å². The summed E-state index contributed by atoms with van der Waals surface area (Å²) in [6.07, 6.45) is 5.12. The van der Waals surface area contributed by atoms with Gasteiger partial charge in [0.15, 0.2) is 5.78 Å². The molecular formula is C27H37NO4. The highest BCUT2D eigenvalue weighted by Crippen LogP contribution is 2.47. The number of esters is 1. The first-order chi connectivity index (χ1) is 15.3. The van der Waals surface area contributed by atoms with Crippen LogP contribution in [0.1, 0.15) is 84.6 Å². The molecule has 0 radical (unpaired) electrons. The van der Waals surface area contributed by atoms with Crippen molar-refractivity contribution in [2.75, 3.05) is 13.2 Å². The topological polar surface area (TPSA) is 64.6 Å². The molecule has 3 rings (SSSR count). The van der Waals surface area contributed by atoms with Gasteiger partial charge in [-0.2, -0.15) is 0 Å². The second kappa shape index (κ2) is 10.4. The molecule has 0 amide bonds. The van der Waals surface area contributed by atoms with Crippen LogP contribution in [0.25, 0.3) is 0 Å². The molecule has 32 heavy (non-hydrogen) atoms. The van der Waals surface area contributed by atoms with Gasteiger partial charge in [-0.15, -0.1) is 0 Å². The van der Waals surface area contributed by atoms with E-state index in [0.29, 0.717) is 30.8 Å². The lowest BCUT2D eigenvalue weighted by Gasteiger charge is -2.39. The van der Waals surface area contributed by atoms with Crippen LogP contribution in [0, 0.1) is 5.41 Å². The molecule has 1 heterocycles. The molecule has 5 nitrogen and oxygen atoms in total. The molecule has 0 bridgehead atoms. The molecule has 1 atom stereocenters. The van der Waals surface area contributed by atoms with Crippen LogP contribution in [-0.4, -0.2) is 25.0 Å². The molecule has 174 valence electrons. The molecule has 0 unspecified atom stereocenters. The highest BCUT2D eigenvalue weighted by Gasteiger charge is 2.43. The SMILES string of the molecule is CCCCCOC(=O)C1=C(C)NC2=C(C(=O)CC(C)(C)C2)[C@H]1c1ccc(OCCC)cc1. The number of carbonyl (C=O) groups is 2. The first-order valence-electron chi connectivity index (χ1n) is 11.9. The van der Waals surface area contributed by atoms with Gasteiger partial charge in [-0.1, -0.05) is 52.7 Å². The van der Waals surface area contributed by atoms with E-state index in [4.69, 9.17) is 9.47 Å². The van der Waals surface area contributed by atoms with Crippen molar-refractivity contribution in [3.8, 4) is 5.75 Å². The zero-order chi connectivity index (χ0) is 23.3. The van der Waals surface area contributed by atoms with Gasteiger partial charge in [-0.3, -0.25) is 4.79 Å². The smallest absolute Gasteiger partial charge is 0.336 e. The Hall–Kier alpha value is -2.56. The minimum atomic E-state index is -0.422. The van der Waals surface area contributed by atoms with Crippen LogP contribution in [-0.2, 0) is 14.3 Å². The number of hydrogen-bond donors (Lipinski definition) is 1. The number of ketones is 1. The molecule has 0 fully saturated rings. The zero-order valence-corrected chi connectivity index (χ0v) is 20.2. The number of dihydropyridines is 1. The summed E-state index contributed by atoms with van der Waals surface area (Å²) in [5.41, 5.74) is 3.75. The summed E-state index contributed by atoms with van der Waals surface area (Å²) in [6, 6.07) is 7.78. The average Bonchev–Trinajstić information content (AvgIpc) is 2.73. The van der Waals surface area contributed by atoms with Crippen molar-refractivity contribution in [3.63, 3.8) is 0 Å². The second-order valence-corrected chi connectivity index (χ2v) is 9.69. The number of nitrogens with one attached hydrogen (secondary N) is 1. The van der Waals surface area contributed by atoms with Gasteiger partial charge < -0.3 is 14.8 Å². The minimum absolute atomic E-state index is 0.101. The third-order valence-electron chi connectivity index (χ3n) is 6.13. The Morgan fingerprint density at radius 3 is 2.44 bits per heavy atom. The molecule has 0 aromatic heterocycles. The van der Waals surface area contributed by atoms with Crippen LogP contribution in [0.5, 0.6) is 5.75 Å². The predicted octanol–water partition coefficient (Wildman–Crippen LogP) is 5.81. The van der Waals surface area contributed by atoms with Crippen LogP contribution >= 0.6 is 0 Å². The maximum Gasteiger partial charge on any atom is 0.336 e. The molecule has 1 aliphatic carbocycles. The highest BCUT2D eigenvalue weighted by atomic mass is 16.5. The Morgan fingerprint density at radius 2 is 1.78 bits per heavy atom. The average molecular weight is 440 g/mol. The molecule has 0 spiro atoms. The molecule has 2 aliphatic rings. The van der Waals surface area contributed by atoms with E-state index in [1.165, 1.54) is 0 Å². The van der Waals surface area contributed by atoms with Gasteiger partial charge in [0.05, 0.1) is 18.8 Å². The van der Waals surface area contributed by atoms with Crippen molar-refractivity contribution < 1.29 is 19.1 Å². The lowest BCUT2D eigenvalue weighted by atomic mass is 9.68. The summed E-state index contributed by atoms with van der Waals surface area (Å²) in [6.45, 7) is 11.4. The van der Waals surface area contributed by atoms with Crippen molar-refractivity contribution in [1.82, 2.24) is 5.32 Å². The lowest BCUT2D eigenvalue weighted by Crippen LogP contribution is -2.38. The standard InChI is InChI=1S/C27H37NO4/c1-6-8-9-15-32-26(30)23-18(3)28-21-16-27(4,5)17-22(29)25(21)24(23)19-10-12-20(13-11-19)31-14-7-2/h10-13,24,28H,6-9,14-17H2,1-5H3/t24-/m0/s1. The van der Waals surface area contributed by atoms with E-state index in [0.717, 1.165) is 54.8 Å². The van der Waals surface area contributed by atoms with Crippen LogP contribution in [0.2, 0.25) is 0 Å². The third kappa shape index (κ3) is 5.43. The molecule has 0 saturated heterocycles. The number of benzene rings is 1. The zero-order valence-electron chi connectivity index (χ0n) is 20.2. The van der Waals surface area contributed by atoms with Gasteiger partial charge in [0.25, 0.3) is 0 Å². The summed E-state index contributed by atoms with van der Waals surface area (Å²) in [5.74, 6) is 0.128. The lowest BCUT2D eigenvalue weighted by molar-refractivity contribution is -0.139. The molecule has 0 saturated carbocycles. The van der Waals surface area contributed by atoms with Crippen LogP contribution in [0.3, 0.4) is 0 Å². The van der Waals surface area contributed by atoms with E-state index in [9.17, 15) is 9.59 Å². The first-order valence-corrected chi connectivity index (χ1v) is 11.9. The summed E-state index contributed by atoms with van der Waals surface area (Å²) in [7, 11) is 0. The fraction of sp³-hybridized carbons (Fsp3) is 0.556. The number of Topliss-reactive ketones (excluding diaryl/α,β-unsaturated/α-hetero) is 1. The molecule has 1 aromatic carbocycles. The van der Waals surface area contributed by atoms with Crippen molar-refractivity contribution >= 4 is 11.8 Å². The first kappa shape index (κ1) is 24.1. The molecule has 5 heteroatoms. The molecule has 1 aromatic rings. The Balaban J connectivity index is 1.98. The van der Waals surface area contributed by atoms with Crippen LogP contribution < -0.4 is 10.1 Å². The molecular weight excluding hydrogens is 402 g/mol. The van der Waals surface area contributed by atoms with Gasteiger partial charge in [-0.25, -0.2) is 4.79 Å². The quantitative estimate of drug-likeness (QED) is 0.388. The maximum atomic E-state index is 13.3. The fourth-order valence-corrected chi connectivity index (χ4v) is 4.61. The highest BCUT2D eigenvalue weighted by molar-refractivity contribution is 6.04. The summed E-state index contributed by atoms with van der Waals surface area (Å²) >= 11 is 0. The van der Waals surface area contributed by atoms with Crippen molar-refractivity contribution in [3.05, 3.63) is 52.4 Å². The van der Waals surface area contributed by atoms with E-state index < -0.39 is 5.92 Å². The van der Waals surface area contributed by atoms with E-state index >= 15 is 0 Å². The minimum Gasteiger partial charge on any atom is -0.494 e. The molecule has 1 aliphatic heterocycles. The normalized spacial score (nSPS) is 20.0. The Morgan fingerprint density at radius 1 is 1.06 bits per heavy atom. The summed E-state index contributed by atoms with van der Waals surface area (Å²) in [4.78, 5) is 26.5. The predicted molar refractivity (Wildman–Crippen MR) is 126 cm³/mol. The van der Waals surface area contributed by atoms with E-state index in [1.54, 1.807) is 0 Å². The second-order valence-electron chi connectivity index (χ2n) is 9.69. The van der Waals surface area contributed by atoms with Crippen molar-refractivity contribution in [2.24, 2.45) is 5.41 Å². The monoisotopic (exact) mass is 439 g/mol. The maximum absolute atomic E-state index is 13.3. The number of carbonyl (C=O) groups excluding carboxylic acids is 2. The summed E-state index contributed by atoms with van der Waals surface area (Å²) < 4.78 is 11.4. The number of unbranched alkanes of at least 4 members (excludes halogenated alkanes) is 2. The number of allylic oxidation sites excluding steroid dienone is 3. The van der Waals surface area contributed by atoms with Crippen LogP contribution in [0.15, 0.2) is 46.8 Å². The van der Waals surface area contributed by atoms with Crippen LogP contribution in [0.4, 0.5) is 0 Å². The van der Waals surface area contributed by atoms with Gasteiger partial charge in [0.1, 0.15) is 5.75 Å². The van der Waals surface area contributed by atoms with Crippen molar-refractivity contribution in [1.29, 1.82) is 0 Å². The molecule has 1 N–H and O–H groups in total.